The molecule has 2 saturated carbocycles. The number of allylic oxidation sites excluding steroid dienone is 1. The van der Waals surface area contributed by atoms with Gasteiger partial charge in [0.25, 0.3) is 0 Å². The SMILES string of the molecule is C=C1NC(=O)C/C1=C\c1cnn2c(NC3CC3)c(C#N)c(N[C@@H](C)C3CC3)nc12. The van der Waals surface area contributed by atoms with Crippen LogP contribution in [0.1, 0.15) is 50.2 Å². The predicted octanol–water partition coefficient (Wildman–Crippen LogP) is 2.80. The number of hydrogen-bond donors (Lipinski definition) is 3. The summed E-state index contributed by atoms with van der Waals surface area (Å²) in [5, 5.41) is 24.0. The van der Waals surface area contributed by atoms with Crippen molar-refractivity contribution in [2.75, 3.05) is 10.6 Å². The Morgan fingerprint density at radius 1 is 1.41 bits per heavy atom. The number of nitrogens with one attached hydrogen (secondary N) is 3. The second kappa shape index (κ2) is 6.62. The average molecular weight is 389 g/mol. The lowest BCUT2D eigenvalue weighted by atomic mass is 10.1. The van der Waals surface area contributed by atoms with Crippen LogP contribution in [-0.2, 0) is 4.79 Å². The Morgan fingerprint density at radius 2 is 2.21 bits per heavy atom. The summed E-state index contributed by atoms with van der Waals surface area (Å²) in [7, 11) is 0. The molecule has 0 spiro atoms. The van der Waals surface area contributed by atoms with Crippen molar-refractivity contribution in [3.05, 3.63) is 35.2 Å². The van der Waals surface area contributed by atoms with Crippen molar-refractivity contribution in [3.8, 4) is 6.07 Å². The number of anilines is 2. The number of nitriles is 1. The first-order chi connectivity index (χ1) is 14.0. The highest BCUT2D eigenvalue weighted by atomic mass is 16.1. The number of aromatic nitrogens is 3. The van der Waals surface area contributed by atoms with E-state index >= 15 is 0 Å². The van der Waals surface area contributed by atoms with E-state index in [0.29, 0.717) is 46.9 Å². The van der Waals surface area contributed by atoms with Crippen LogP contribution in [0.25, 0.3) is 11.7 Å². The minimum atomic E-state index is -0.0610. The van der Waals surface area contributed by atoms with Gasteiger partial charge >= 0.3 is 0 Å². The van der Waals surface area contributed by atoms with Crippen LogP contribution in [0.3, 0.4) is 0 Å². The van der Waals surface area contributed by atoms with Gasteiger partial charge in [-0.25, -0.2) is 4.98 Å². The summed E-state index contributed by atoms with van der Waals surface area (Å²) >= 11 is 0. The van der Waals surface area contributed by atoms with Gasteiger partial charge in [-0.2, -0.15) is 14.9 Å². The summed E-state index contributed by atoms with van der Waals surface area (Å²) in [5.74, 6) is 1.83. The third-order valence-electron chi connectivity index (χ3n) is 5.76. The summed E-state index contributed by atoms with van der Waals surface area (Å²) in [6.07, 6.45) is 8.50. The van der Waals surface area contributed by atoms with E-state index in [0.717, 1.165) is 24.0 Å². The lowest BCUT2D eigenvalue weighted by Crippen LogP contribution is -2.21. The highest BCUT2D eigenvalue weighted by Crippen LogP contribution is 2.36. The fraction of sp³-hybridized carbons (Fsp3) is 0.429. The van der Waals surface area contributed by atoms with Gasteiger partial charge in [-0.3, -0.25) is 4.79 Å². The molecule has 8 nitrogen and oxygen atoms in total. The smallest absolute Gasteiger partial charge is 0.228 e. The molecule has 2 aliphatic carbocycles. The van der Waals surface area contributed by atoms with Crippen LogP contribution < -0.4 is 16.0 Å². The molecular weight excluding hydrogens is 366 g/mol. The zero-order valence-electron chi connectivity index (χ0n) is 16.3. The summed E-state index contributed by atoms with van der Waals surface area (Å²) in [6.45, 7) is 6.04. The van der Waals surface area contributed by atoms with Crippen molar-refractivity contribution in [3.63, 3.8) is 0 Å². The Kier molecular flexibility index (Phi) is 4.05. The summed E-state index contributed by atoms with van der Waals surface area (Å²) < 4.78 is 1.70. The normalized spacial score (nSPS) is 21.3. The molecule has 3 N–H and O–H groups in total. The minimum absolute atomic E-state index is 0.0610. The molecule has 0 aromatic carbocycles. The maximum Gasteiger partial charge on any atom is 0.228 e. The summed E-state index contributed by atoms with van der Waals surface area (Å²) in [4.78, 5) is 16.4. The largest absolute Gasteiger partial charge is 0.366 e. The van der Waals surface area contributed by atoms with Crippen molar-refractivity contribution >= 4 is 29.3 Å². The molecule has 8 heteroatoms. The number of hydrogen-bond acceptors (Lipinski definition) is 6. The second-order valence-electron chi connectivity index (χ2n) is 8.19. The first-order valence-electron chi connectivity index (χ1n) is 10.1. The van der Waals surface area contributed by atoms with Gasteiger partial charge in [0.1, 0.15) is 11.6 Å². The van der Waals surface area contributed by atoms with Crippen LogP contribution in [0.15, 0.2) is 24.0 Å². The van der Waals surface area contributed by atoms with Crippen molar-refractivity contribution in [2.24, 2.45) is 5.92 Å². The van der Waals surface area contributed by atoms with E-state index in [9.17, 15) is 10.1 Å². The molecule has 3 heterocycles. The molecule has 3 aliphatic rings. The van der Waals surface area contributed by atoms with Crippen LogP contribution in [0, 0.1) is 17.2 Å². The zero-order valence-corrected chi connectivity index (χ0v) is 16.3. The number of rotatable bonds is 6. The lowest BCUT2D eigenvalue weighted by molar-refractivity contribution is -0.118. The molecule has 148 valence electrons. The van der Waals surface area contributed by atoms with Gasteiger partial charge in [0, 0.05) is 23.3 Å². The standard InChI is InChI=1S/C21H23N7O/c1-11(13-3-4-13)25-19-17(9-22)21(26-16-5-6-16)28-20(27-19)15(10-23-28)7-14-8-18(29)24-12(14)2/h7,10-11,13,16,26H,2-6,8H2,1H3,(H,24,29)(H,25,27)/b14-7+/t11-/m0/s1. The van der Waals surface area contributed by atoms with E-state index in [4.69, 9.17) is 4.98 Å². The van der Waals surface area contributed by atoms with E-state index in [2.05, 4.69) is 40.6 Å². The Labute approximate surface area is 168 Å². The monoisotopic (exact) mass is 389 g/mol. The maximum atomic E-state index is 11.7. The zero-order chi connectivity index (χ0) is 20.1. The summed E-state index contributed by atoms with van der Waals surface area (Å²) in [5.41, 5.74) is 3.37. The predicted molar refractivity (Wildman–Crippen MR) is 110 cm³/mol. The maximum absolute atomic E-state index is 11.7. The van der Waals surface area contributed by atoms with E-state index in [-0.39, 0.29) is 11.9 Å². The highest BCUT2D eigenvalue weighted by Gasteiger charge is 2.31. The molecule has 1 amide bonds. The second-order valence-corrected chi connectivity index (χ2v) is 8.19. The van der Waals surface area contributed by atoms with Crippen LogP contribution in [-0.4, -0.2) is 32.6 Å². The Hall–Kier alpha value is -3.34. The fourth-order valence-corrected chi connectivity index (χ4v) is 3.70. The van der Waals surface area contributed by atoms with Crippen molar-refractivity contribution in [2.45, 2.75) is 51.1 Å². The van der Waals surface area contributed by atoms with Gasteiger partial charge in [0.2, 0.25) is 5.91 Å². The Bertz CT molecular complexity index is 1100. The first kappa shape index (κ1) is 17.7. The molecule has 2 aromatic rings. The number of carbonyl (C=O) groups is 1. The third kappa shape index (κ3) is 3.33. The Morgan fingerprint density at radius 3 is 2.83 bits per heavy atom. The number of amides is 1. The molecule has 1 saturated heterocycles. The van der Waals surface area contributed by atoms with E-state index in [1.807, 2.05) is 6.08 Å². The van der Waals surface area contributed by atoms with Gasteiger partial charge in [-0.15, -0.1) is 0 Å². The first-order valence-corrected chi connectivity index (χ1v) is 10.1. The topological polar surface area (TPSA) is 107 Å². The molecule has 0 radical (unpaired) electrons. The van der Waals surface area contributed by atoms with Crippen LogP contribution in [0.4, 0.5) is 11.6 Å². The molecule has 29 heavy (non-hydrogen) atoms. The van der Waals surface area contributed by atoms with Gasteiger partial charge < -0.3 is 16.0 Å². The van der Waals surface area contributed by atoms with Crippen molar-refractivity contribution in [1.82, 2.24) is 19.9 Å². The van der Waals surface area contributed by atoms with Gasteiger partial charge in [0.05, 0.1) is 12.6 Å². The molecule has 5 rings (SSSR count). The highest BCUT2D eigenvalue weighted by molar-refractivity contribution is 5.90. The Balaban J connectivity index is 1.63. The average Bonchev–Trinajstić information content (AvgIpc) is 3.60. The van der Waals surface area contributed by atoms with Crippen LogP contribution in [0.5, 0.6) is 0 Å². The van der Waals surface area contributed by atoms with Crippen molar-refractivity contribution in [1.29, 1.82) is 5.26 Å². The van der Waals surface area contributed by atoms with Crippen molar-refractivity contribution < 1.29 is 4.79 Å². The quantitative estimate of drug-likeness (QED) is 0.701. The van der Waals surface area contributed by atoms with Crippen LogP contribution in [0.2, 0.25) is 0 Å². The van der Waals surface area contributed by atoms with Gasteiger partial charge in [0.15, 0.2) is 17.3 Å². The number of fused-ring (bicyclic) bond motifs is 1. The molecule has 0 unspecified atom stereocenters. The van der Waals surface area contributed by atoms with Crippen LogP contribution >= 0.6 is 0 Å². The minimum Gasteiger partial charge on any atom is -0.366 e. The van der Waals surface area contributed by atoms with E-state index in [1.165, 1.54) is 12.8 Å². The lowest BCUT2D eigenvalue weighted by Gasteiger charge is -2.18. The molecule has 3 fully saturated rings. The van der Waals surface area contributed by atoms with E-state index < -0.39 is 0 Å². The number of carbonyl (C=O) groups excluding carboxylic acids is 1. The summed E-state index contributed by atoms with van der Waals surface area (Å²) in [6, 6.07) is 2.94. The molecule has 0 bridgehead atoms. The fourth-order valence-electron chi connectivity index (χ4n) is 3.70. The van der Waals surface area contributed by atoms with Gasteiger partial charge in [-0.05, 0) is 50.2 Å². The molecule has 1 atom stereocenters. The molecular formula is C21H23N7O. The van der Waals surface area contributed by atoms with Gasteiger partial charge in [-0.1, -0.05) is 6.58 Å². The number of nitrogens with zero attached hydrogens (tertiary/aromatic N) is 4. The van der Waals surface area contributed by atoms with E-state index in [1.54, 1.807) is 10.7 Å². The molecule has 2 aromatic heterocycles. The molecule has 1 aliphatic heterocycles. The third-order valence-corrected chi connectivity index (χ3v) is 5.76.